The van der Waals surface area contributed by atoms with Gasteiger partial charge in [-0.15, -0.1) is 0 Å². The summed E-state index contributed by atoms with van der Waals surface area (Å²) in [5, 5.41) is 0. The molecule has 0 unspecified atom stereocenters. The number of aryl methyl sites for hydroxylation is 1. The first-order valence-corrected chi connectivity index (χ1v) is 10.4. The summed E-state index contributed by atoms with van der Waals surface area (Å²) in [5.41, 5.74) is 2.54. The summed E-state index contributed by atoms with van der Waals surface area (Å²) in [6, 6.07) is 3.82. The molecule has 0 aliphatic carbocycles. The van der Waals surface area contributed by atoms with Crippen LogP contribution in [0.4, 0.5) is 0 Å². The molecule has 0 atom stereocenters. The largest absolute Gasteiger partial charge is 0.496 e. The van der Waals surface area contributed by atoms with Crippen LogP contribution in [-0.4, -0.2) is 63.1 Å². The SMILES string of the molecule is COc1cc(C)c(C(=O)N2CCCN(S(C)(=O)=O)CC2)cc1C(C)C. The Bertz CT molecular complexity index is 744. The standard InChI is InChI=1S/C18H28N2O4S/c1-13(2)15-12-16(14(3)11-17(15)24-4)18(21)19-7-6-8-20(10-9-19)25(5,22)23/h11-13H,6-10H2,1-5H3. The summed E-state index contributed by atoms with van der Waals surface area (Å²) in [4.78, 5) is 14.8. The Morgan fingerprint density at radius 3 is 2.40 bits per heavy atom. The van der Waals surface area contributed by atoms with Crippen LogP contribution in [0.15, 0.2) is 12.1 Å². The minimum absolute atomic E-state index is 0.0441. The first kappa shape index (κ1) is 19.7. The lowest BCUT2D eigenvalue weighted by atomic mass is 9.95. The number of hydrogen-bond acceptors (Lipinski definition) is 4. The summed E-state index contributed by atoms with van der Waals surface area (Å²) < 4.78 is 30.4. The lowest BCUT2D eigenvalue weighted by Crippen LogP contribution is -2.37. The number of carbonyl (C=O) groups excluding carboxylic acids is 1. The molecule has 0 radical (unpaired) electrons. The molecule has 140 valence electrons. The highest BCUT2D eigenvalue weighted by Crippen LogP contribution is 2.30. The van der Waals surface area contributed by atoms with E-state index < -0.39 is 10.0 Å². The normalized spacial score (nSPS) is 16.8. The zero-order valence-corrected chi connectivity index (χ0v) is 16.5. The van der Waals surface area contributed by atoms with Gasteiger partial charge >= 0.3 is 0 Å². The minimum atomic E-state index is -3.22. The van der Waals surface area contributed by atoms with E-state index in [0.29, 0.717) is 38.2 Å². The molecule has 1 aromatic rings. The van der Waals surface area contributed by atoms with Gasteiger partial charge < -0.3 is 9.64 Å². The first-order chi connectivity index (χ1) is 11.6. The molecule has 0 aromatic heterocycles. The Morgan fingerprint density at radius 1 is 1.16 bits per heavy atom. The summed E-state index contributed by atoms with van der Waals surface area (Å²) in [6.07, 6.45) is 1.86. The average Bonchev–Trinajstić information content (AvgIpc) is 2.79. The monoisotopic (exact) mass is 368 g/mol. The number of benzene rings is 1. The Kier molecular flexibility index (Phi) is 6.11. The molecule has 6 nitrogen and oxygen atoms in total. The molecule has 1 aromatic carbocycles. The number of rotatable bonds is 4. The van der Waals surface area contributed by atoms with Crippen molar-refractivity contribution in [3.8, 4) is 5.75 Å². The molecule has 1 aliphatic heterocycles. The predicted molar refractivity (Wildman–Crippen MR) is 98.8 cm³/mol. The number of carbonyl (C=O) groups is 1. The third-order valence-corrected chi connectivity index (χ3v) is 5.94. The molecule has 1 fully saturated rings. The summed E-state index contributed by atoms with van der Waals surface area (Å²) in [5.74, 6) is 0.993. The molecule has 1 aliphatic rings. The number of nitrogens with zero attached hydrogens (tertiary/aromatic N) is 2. The van der Waals surface area contributed by atoms with E-state index in [0.717, 1.165) is 16.9 Å². The third kappa shape index (κ3) is 4.52. The van der Waals surface area contributed by atoms with Crippen LogP contribution in [0, 0.1) is 6.92 Å². The van der Waals surface area contributed by atoms with Crippen LogP contribution in [0.5, 0.6) is 5.75 Å². The molecule has 1 heterocycles. The van der Waals surface area contributed by atoms with E-state index >= 15 is 0 Å². The van der Waals surface area contributed by atoms with Gasteiger partial charge in [-0.05, 0) is 42.5 Å². The second-order valence-corrected chi connectivity index (χ2v) is 8.85. The lowest BCUT2D eigenvalue weighted by Gasteiger charge is -2.23. The molecular weight excluding hydrogens is 340 g/mol. The zero-order chi connectivity index (χ0) is 18.8. The number of sulfonamides is 1. The molecule has 0 bridgehead atoms. The van der Waals surface area contributed by atoms with Crippen LogP contribution < -0.4 is 4.74 Å². The number of ether oxygens (including phenoxy) is 1. The van der Waals surface area contributed by atoms with Gasteiger partial charge in [0, 0.05) is 31.7 Å². The highest BCUT2D eigenvalue weighted by atomic mass is 32.2. The van der Waals surface area contributed by atoms with E-state index in [2.05, 4.69) is 13.8 Å². The second-order valence-electron chi connectivity index (χ2n) is 6.87. The molecule has 0 spiro atoms. The number of amides is 1. The molecule has 7 heteroatoms. The van der Waals surface area contributed by atoms with Crippen LogP contribution in [0.2, 0.25) is 0 Å². The van der Waals surface area contributed by atoms with Crippen LogP contribution in [0.25, 0.3) is 0 Å². The Balaban J connectivity index is 2.27. The topological polar surface area (TPSA) is 66.9 Å². The van der Waals surface area contributed by atoms with Crippen LogP contribution in [0.3, 0.4) is 0 Å². The highest BCUT2D eigenvalue weighted by molar-refractivity contribution is 7.88. The van der Waals surface area contributed by atoms with Crippen LogP contribution in [0.1, 0.15) is 47.7 Å². The van der Waals surface area contributed by atoms with E-state index in [4.69, 9.17) is 4.74 Å². The van der Waals surface area contributed by atoms with Gasteiger partial charge in [-0.1, -0.05) is 13.8 Å². The van der Waals surface area contributed by atoms with Crippen molar-refractivity contribution in [3.63, 3.8) is 0 Å². The number of methoxy groups -OCH3 is 1. The summed E-state index contributed by atoms with van der Waals surface area (Å²) in [7, 11) is -1.58. The van der Waals surface area contributed by atoms with E-state index in [1.54, 1.807) is 12.0 Å². The molecule has 1 saturated heterocycles. The van der Waals surface area contributed by atoms with Crippen LogP contribution >= 0.6 is 0 Å². The van der Waals surface area contributed by atoms with E-state index in [9.17, 15) is 13.2 Å². The maximum atomic E-state index is 13.0. The number of hydrogen-bond donors (Lipinski definition) is 0. The molecule has 1 amide bonds. The summed E-state index contributed by atoms with van der Waals surface area (Å²) >= 11 is 0. The van der Waals surface area contributed by atoms with Gasteiger partial charge in [-0.3, -0.25) is 4.79 Å². The quantitative estimate of drug-likeness (QED) is 0.817. The van der Waals surface area contributed by atoms with Crippen molar-refractivity contribution in [1.29, 1.82) is 0 Å². The zero-order valence-electron chi connectivity index (χ0n) is 15.7. The lowest BCUT2D eigenvalue weighted by molar-refractivity contribution is 0.0763. The average molecular weight is 368 g/mol. The van der Waals surface area contributed by atoms with Gasteiger partial charge in [0.15, 0.2) is 0 Å². The fourth-order valence-corrected chi connectivity index (χ4v) is 4.03. The molecular formula is C18H28N2O4S. The molecule has 0 N–H and O–H groups in total. The van der Waals surface area contributed by atoms with Crippen LogP contribution in [-0.2, 0) is 10.0 Å². The molecule has 0 saturated carbocycles. The second kappa shape index (κ2) is 7.74. The van der Waals surface area contributed by atoms with Gasteiger partial charge in [0.05, 0.1) is 13.4 Å². The summed E-state index contributed by atoms with van der Waals surface area (Å²) in [6.45, 7) is 7.81. The van der Waals surface area contributed by atoms with Crippen molar-refractivity contribution >= 4 is 15.9 Å². The van der Waals surface area contributed by atoms with Crippen molar-refractivity contribution < 1.29 is 17.9 Å². The smallest absolute Gasteiger partial charge is 0.254 e. The van der Waals surface area contributed by atoms with Gasteiger partial charge in [0.2, 0.25) is 10.0 Å². The first-order valence-electron chi connectivity index (χ1n) is 8.58. The highest BCUT2D eigenvalue weighted by Gasteiger charge is 2.26. The minimum Gasteiger partial charge on any atom is -0.496 e. The fourth-order valence-electron chi connectivity index (χ4n) is 3.16. The van der Waals surface area contributed by atoms with E-state index in [1.807, 2.05) is 19.1 Å². The van der Waals surface area contributed by atoms with Gasteiger partial charge in [-0.25, -0.2) is 12.7 Å². The fraction of sp³-hybridized carbons (Fsp3) is 0.611. The molecule has 2 rings (SSSR count). The Morgan fingerprint density at radius 2 is 1.84 bits per heavy atom. The maximum Gasteiger partial charge on any atom is 0.254 e. The van der Waals surface area contributed by atoms with E-state index in [1.165, 1.54) is 10.6 Å². The van der Waals surface area contributed by atoms with E-state index in [-0.39, 0.29) is 11.8 Å². The predicted octanol–water partition coefficient (Wildman–Crippen LogP) is 2.23. The maximum absolute atomic E-state index is 13.0. The third-order valence-electron chi connectivity index (χ3n) is 4.64. The van der Waals surface area contributed by atoms with Gasteiger partial charge in [-0.2, -0.15) is 0 Å². The van der Waals surface area contributed by atoms with Crippen molar-refractivity contribution in [2.75, 3.05) is 39.5 Å². The van der Waals surface area contributed by atoms with Gasteiger partial charge in [0.25, 0.3) is 5.91 Å². The Hall–Kier alpha value is -1.60. The van der Waals surface area contributed by atoms with Crippen molar-refractivity contribution in [3.05, 3.63) is 28.8 Å². The van der Waals surface area contributed by atoms with Crippen molar-refractivity contribution in [2.24, 2.45) is 0 Å². The van der Waals surface area contributed by atoms with Gasteiger partial charge in [0.1, 0.15) is 5.75 Å². The van der Waals surface area contributed by atoms with Crippen molar-refractivity contribution in [2.45, 2.75) is 33.1 Å². The van der Waals surface area contributed by atoms with Crippen molar-refractivity contribution in [1.82, 2.24) is 9.21 Å². The Labute approximate surface area is 150 Å². The molecule has 25 heavy (non-hydrogen) atoms.